The summed E-state index contributed by atoms with van der Waals surface area (Å²) in [7, 11) is 1.30. The number of benzene rings is 1. The number of carbonyl (C=O) groups excluding carboxylic acids is 1. The molecule has 1 aromatic carbocycles. The van der Waals surface area contributed by atoms with E-state index in [4.69, 9.17) is 10.5 Å². The first kappa shape index (κ1) is 12.4. The van der Waals surface area contributed by atoms with Gasteiger partial charge in [0.1, 0.15) is 18.2 Å². The van der Waals surface area contributed by atoms with E-state index in [0.29, 0.717) is 5.75 Å². The summed E-state index contributed by atoms with van der Waals surface area (Å²) in [5.74, 6) is -0.192. The van der Waals surface area contributed by atoms with Gasteiger partial charge in [-0.1, -0.05) is 0 Å². The molecular weight excluding hydrogens is 213 g/mol. The topological polar surface area (TPSA) is 61.5 Å². The first-order valence-electron chi connectivity index (χ1n) is 4.82. The molecule has 0 aliphatic heterocycles. The second-order valence-corrected chi connectivity index (χ2v) is 3.31. The summed E-state index contributed by atoms with van der Waals surface area (Å²) >= 11 is 0. The van der Waals surface area contributed by atoms with Crippen LogP contribution in [0.5, 0.6) is 5.75 Å². The smallest absolute Gasteiger partial charge is 0.307 e. The summed E-state index contributed by atoms with van der Waals surface area (Å²) in [5, 5.41) is 0. The molecule has 0 spiro atoms. The lowest BCUT2D eigenvalue weighted by atomic mass is 10.2. The number of halogens is 1. The molecule has 16 heavy (non-hydrogen) atoms. The number of hydrogen-bond donors (Lipinski definition) is 1. The van der Waals surface area contributed by atoms with Crippen LogP contribution >= 0.6 is 0 Å². The number of ether oxygens (including phenoxy) is 2. The molecule has 1 rings (SSSR count). The van der Waals surface area contributed by atoms with Crippen LogP contribution in [-0.2, 0) is 9.53 Å². The van der Waals surface area contributed by atoms with Gasteiger partial charge in [-0.3, -0.25) is 4.79 Å². The predicted molar refractivity (Wildman–Crippen MR) is 56.5 cm³/mol. The van der Waals surface area contributed by atoms with Gasteiger partial charge >= 0.3 is 5.97 Å². The van der Waals surface area contributed by atoms with Crippen molar-refractivity contribution in [3.05, 3.63) is 30.1 Å². The zero-order chi connectivity index (χ0) is 12.0. The fourth-order valence-electron chi connectivity index (χ4n) is 1.09. The van der Waals surface area contributed by atoms with Crippen molar-refractivity contribution in [3.8, 4) is 5.75 Å². The van der Waals surface area contributed by atoms with Crippen LogP contribution in [-0.4, -0.2) is 25.7 Å². The molecule has 1 atom stereocenters. The minimum Gasteiger partial charge on any atom is -0.492 e. The molecule has 0 aliphatic carbocycles. The molecule has 1 aromatic rings. The molecule has 0 bridgehead atoms. The molecule has 0 heterocycles. The maximum atomic E-state index is 12.6. The maximum Gasteiger partial charge on any atom is 0.307 e. The van der Waals surface area contributed by atoms with E-state index in [0.717, 1.165) is 0 Å². The SMILES string of the molecule is COC(=O)CC(N)COc1ccc(F)cc1. The molecule has 0 saturated heterocycles. The highest BCUT2D eigenvalue weighted by atomic mass is 19.1. The van der Waals surface area contributed by atoms with E-state index in [1.165, 1.54) is 31.4 Å². The number of esters is 1. The highest BCUT2D eigenvalue weighted by molar-refractivity contribution is 5.69. The largest absolute Gasteiger partial charge is 0.492 e. The standard InChI is InChI=1S/C11H14FNO3/c1-15-11(14)6-9(13)7-16-10-4-2-8(12)3-5-10/h2-5,9H,6-7,13H2,1H3. The van der Waals surface area contributed by atoms with Gasteiger partial charge in [-0.05, 0) is 24.3 Å². The van der Waals surface area contributed by atoms with Crippen molar-refractivity contribution >= 4 is 5.97 Å². The normalized spacial score (nSPS) is 11.9. The third kappa shape index (κ3) is 4.27. The van der Waals surface area contributed by atoms with Crippen LogP contribution in [0.25, 0.3) is 0 Å². The molecule has 5 heteroatoms. The van der Waals surface area contributed by atoms with Gasteiger partial charge in [-0.25, -0.2) is 4.39 Å². The van der Waals surface area contributed by atoms with E-state index < -0.39 is 6.04 Å². The molecule has 2 N–H and O–H groups in total. The highest BCUT2D eigenvalue weighted by Gasteiger charge is 2.10. The van der Waals surface area contributed by atoms with Gasteiger partial charge < -0.3 is 15.2 Å². The molecule has 0 amide bonds. The molecule has 0 fully saturated rings. The Balaban J connectivity index is 2.34. The van der Waals surface area contributed by atoms with Crippen molar-refractivity contribution in [1.82, 2.24) is 0 Å². The quantitative estimate of drug-likeness (QED) is 0.765. The molecule has 0 aliphatic rings. The molecule has 4 nitrogen and oxygen atoms in total. The lowest BCUT2D eigenvalue weighted by Gasteiger charge is -2.11. The van der Waals surface area contributed by atoms with E-state index in [2.05, 4.69) is 4.74 Å². The fourth-order valence-corrected chi connectivity index (χ4v) is 1.09. The number of hydrogen-bond acceptors (Lipinski definition) is 4. The lowest BCUT2D eigenvalue weighted by Crippen LogP contribution is -2.30. The molecule has 0 radical (unpaired) electrons. The van der Waals surface area contributed by atoms with Gasteiger partial charge in [-0.2, -0.15) is 0 Å². The summed E-state index contributed by atoms with van der Waals surface area (Å²) in [6.45, 7) is 0.181. The fraction of sp³-hybridized carbons (Fsp3) is 0.364. The van der Waals surface area contributed by atoms with Crippen molar-refractivity contribution in [2.45, 2.75) is 12.5 Å². The Kier molecular flexibility index (Phi) is 4.72. The van der Waals surface area contributed by atoms with Crippen LogP contribution < -0.4 is 10.5 Å². The average Bonchev–Trinajstić information content (AvgIpc) is 2.28. The summed E-state index contributed by atoms with van der Waals surface area (Å²) in [4.78, 5) is 10.9. The zero-order valence-corrected chi connectivity index (χ0v) is 8.98. The highest BCUT2D eigenvalue weighted by Crippen LogP contribution is 2.11. The Hall–Kier alpha value is -1.62. The number of nitrogens with two attached hydrogens (primary N) is 1. The Bertz CT molecular complexity index is 340. The Morgan fingerprint density at radius 2 is 2.06 bits per heavy atom. The lowest BCUT2D eigenvalue weighted by molar-refractivity contribution is -0.141. The van der Waals surface area contributed by atoms with Crippen molar-refractivity contribution in [2.75, 3.05) is 13.7 Å². The van der Waals surface area contributed by atoms with E-state index in [9.17, 15) is 9.18 Å². The third-order valence-electron chi connectivity index (χ3n) is 1.93. The first-order chi connectivity index (χ1) is 7.61. The van der Waals surface area contributed by atoms with Crippen LogP contribution in [0.1, 0.15) is 6.42 Å². The predicted octanol–water partition coefficient (Wildman–Crippen LogP) is 1.09. The van der Waals surface area contributed by atoms with Gasteiger partial charge in [-0.15, -0.1) is 0 Å². The van der Waals surface area contributed by atoms with Gasteiger partial charge in [0.15, 0.2) is 0 Å². The van der Waals surface area contributed by atoms with Crippen molar-refractivity contribution in [1.29, 1.82) is 0 Å². The second-order valence-electron chi connectivity index (χ2n) is 3.31. The van der Waals surface area contributed by atoms with Crippen molar-refractivity contribution in [3.63, 3.8) is 0 Å². The number of rotatable bonds is 5. The first-order valence-corrected chi connectivity index (χ1v) is 4.82. The Labute approximate surface area is 93.2 Å². The van der Waals surface area contributed by atoms with E-state index in [1.807, 2.05) is 0 Å². The van der Waals surface area contributed by atoms with E-state index in [1.54, 1.807) is 0 Å². The van der Waals surface area contributed by atoms with Gasteiger partial charge in [0, 0.05) is 6.04 Å². The van der Waals surface area contributed by atoms with E-state index >= 15 is 0 Å². The summed E-state index contributed by atoms with van der Waals surface area (Å²) in [5.41, 5.74) is 5.63. The molecule has 0 saturated carbocycles. The van der Waals surface area contributed by atoms with Crippen LogP contribution in [0.15, 0.2) is 24.3 Å². The Morgan fingerprint density at radius 3 is 2.62 bits per heavy atom. The minimum absolute atomic E-state index is 0.0949. The van der Waals surface area contributed by atoms with Crippen molar-refractivity contribution < 1.29 is 18.7 Å². The maximum absolute atomic E-state index is 12.6. The second kappa shape index (κ2) is 6.07. The van der Waals surface area contributed by atoms with Gasteiger partial charge in [0.25, 0.3) is 0 Å². The van der Waals surface area contributed by atoms with Crippen molar-refractivity contribution in [2.24, 2.45) is 5.73 Å². The van der Waals surface area contributed by atoms with Crippen LogP contribution in [0.4, 0.5) is 4.39 Å². The molecule has 88 valence electrons. The molecular formula is C11H14FNO3. The summed E-state index contributed by atoms with van der Waals surface area (Å²) in [6.07, 6.45) is 0.0949. The van der Waals surface area contributed by atoms with Gasteiger partial charge in [0.05, 0.1) is 13.5 Å². The third-order valence-corrected chi connectivity index (χ3v) is 1.93. The van der Waals surface area contributed by atoms with E-state index in [-0.39, 0.29) is 24.8 Å². The average molecular weight is 227 g/mol. The summed E-state index contributed by atoms with van der Waals surface area (Å²) < 4.78 is 22.3. The number of carbonyl (C=O) groups is 1. The summed E-state index contributed by atoms with van der Waals surface area (Å²) in [6, 6.07) is 5.15. The Morgan fingerprint density at radius 1 is 1.44 bits per heavy atom. The zero-order valence-electron chi connectivity index (χ0n) is 8.98. The molecule has 1 unspecified atom stereocenters. The molecule has 0 aromatic heterocycles. The van der Waals surface area contributed by atoms with Gasteiger partial charge in [0.2, 0.25) is 0 Å². The van der Waals surface area contributed by atoms with Crippen LogP contribution in [0.2, 0.25) is 0 Å². The van der Waals surface area contributed by atoms with Crippen LogP contribution in [0.3, 0.4) is 0 Å². The van der Waals surface area contributed by atoms with Crippen LogP contribution in [0, 0.1) is 5.82 Å². The minimum atomic E-state index is -0.433. The monoisotopic (exact) mass is 227 g/mol. The number of methoxy groups -OCH3 is 1.